The monoisotopic (exact) mass is 300 g/mol. The van der Waals surface area contributed by atoms with Gasteiger partial charge >= 0.3 is 0 Å². The van der Waals surface area contributed by atoms with Crippen molar-refractivity contribution in [1.82, 2.24) is 20.4 Å². The van der Waals surface area contributed by atoms with E-state index in [1.807, 2.05) is 55.4 Å². The molecule has 22 heavy (non-hydrogen) atoms. The van der Waals surface area contributed by atoms with Crippen molar-refractivity contribution in [2.75, 3.05) is 27.2 Å². The van der Waals surface area contributed by atoms with Crippen molar-refractivity contribution in [2.24, 2.45) is 0 Å². The molecule has 0 spiro atoms. The van der Waals surface area contributed by atoms with Crippen LogP contribution in [-0.2, 0) is 11.2 Å². The predicted octanol–water partition coefficient (Wildman–Crippen LogP) is 1.51. The summed E-state index contributed by atoms with van der Waals surface area (Å²) in [5.74, 6) is 0.883. The molecule has 1 amide bonds. The second kappa shape index (κ2) is 8.09. The zero-order valence-electron chi connectivity index (χ0n) is 12.8. The quantitative estimate of drug-likeness (QED) is 0.785. The number of hydrogen-bond donors (Lipinski definition) is 1. The second-order valence-corrected chi connectivity index (χ2v) is 5.07. The number of carbonyl (C=O) groups excluding carboxylic acids is 1. The van der Waals surface area contributed by atoms with Crippen molar-refractivity contribution in [2.45, 2.75) is 6.42 Å². The third kappa shape index (κ3) is 5.14. The second-order valence-electron chi connectivity index (χ2n) is 5.07. The standard InChI is InChI=1S/C16H20N4O2/c1-20(2)12-6-9-14(21)17-11-10-15-18-19-16(22-15)13-7-4-3-5-8-13/h3-9H,10-12H2,1-2H3,(H,17,21)/b9-6+. The largest absolute Gasteiger partial charge is 0.421 e. The molecule has 0 aliphatic carbocycles. The highest BCUT2D eigenvalue weighted by molar-refractivity contribution is 5.87. The first-order valence-electron chi connectivity index (χ1n) is 7.12. The van der Waals surface area contributed by atoms with Crippen LogP contribution in [0.3, 0.4) is 0 Å². The molecule has 6 heteroatoms. The molecule has 0 unspecified atom stereocenters. The van der Waals surface area contributed by atoms with Crippen LogP contribution in [0, 0.1) is 0 Å². The number of amides is 1. The molecule has 0 saturated heterocycles. The number of aromatic nitrogens is 2. The summed E-state index contributed by atoms with van der Waals surface area (Å²) in [5, 5.41) is 10.8. The van der Waals surface area contributed by atoms with Gasteiger partial charge in [-0.2, -0.15) is 0 Å². The molecule has 1 aromatic heterocycles. The fourth-order valence-corrected chi connectivity index (χ4v) is 1.77. The van der Waals surface area contributed by atoms with E-state index in [9.17, 15) is 4.79 Å². The predicted molar refractivity (Wildman–Crippen MR) is 84.1 cm³/mol. The van der Waals surface area contributed by atoms with Gasteiger partial charge in [0.2, 0.25) is 17.7 Å². The number of hydrogen-bond acceptors (Lipinski definition) is 5. The minimum absolute atomic E-state index is 0.121. The van der Waals surface area contributed by atoms with E-state index in [4.69, 9.17) is 4.42 Å². The highest BCUT2D eigenvalue weighted by Gasteiger charge is 2.07. The Bertz CT molecular complexity index is 620. The highest BCUT2D eigenvalue weighted by atomic mass is 16.4. The minimum atomic E-state index is -0.121. The zero-order chi connectivity index (χ0) is 15.8. The van der Waals surface area contributed by atoms with E-state index < -0.39 is 0 Å². The Balaban J connectivity index is 1.77. The number of benzene rings is 1. The molecule has 1 aromatic carbocycles. The van der Waals surface area contributed by atoms with E-state index in [-0.39, 0.29) is 5.91 Å². The van der Waals surface area contributed by atoms with Crippen molar-refractivity contribution in [3.63, 3.8) is 0 Å². The summed E-state index contributed by atoms with van der Waals surface area (Å²) in [7, 11) is 3.89. The molecular weight excluding hydrogens is 280 g/mol. The Morgan fingerprint density at radius 2 is 2.05 bits per heavy atom. The van der Waals surface area contributed by atoms with Gasteiger partial charge in [-0.25, -0.2) is 0 Å². The number of likely N-dealkylation sites (N-methyl/N-ethyl adjacent to an activating group) is 1. The number of carbonyl (C=O) groups is 1. The summed E-state index contributed by atoms with van der Waals surface area (Å²) in [6.45, 7) is 1.19. The molecular formula is C16H20N4O2. The van der Waals surface area contributed by atoms with Crippen LogP contribution in [0.25, 0.3) is 11.5 Å². The Morgan fingerprint density at radius 1 is 1.27 bits per heavy atom. The van der Waals surface area contributed by atoms with Gasteiger partial charge < -0.3 is 14.6 Å². The molecule has 0 aliphatic rings. The third-order valence-corrected chi connectivity index (χ3v) is 2.87. The molecule has 2 rings (SSSR count). The van der Waals surface area contributed by atoms with E-state index in [0.29, 0.717) is 24.7 Å². The van der Waals surface area contributed by atoms with Gasteiger partial charge in [0.1, 0.15) is 0 Å². The SMILES string of the molecule is CN(C)C/C=C/C(=O)NCCc1nnc(-c2ccccc2)o1. The topological polar surface area (TPSA) is 71.3 Å². The van der Waals surface area contributed by atoms with E-state index in [1.54, 1.807) is 0 Å². The Kier molecular flexibility index (Phi) is 5.85. The fraction of sp³-hybridized carbons (Fsp3) is 0.312. The normalized spacial score (nSPS) is 11.2. The lowest BCUT2D eigenvalue weighted by Crippen LogP contribution is -2.24. The molecule has 0 saturated carbocycles. The molecule has 0 bridgehead atoms. The molecule has 0 aliphatic heterocycles. The van der Waals surface area contributed by atoms with Crippen LogP contribution in [-0.4, -0.2) is 48.2 Å². The minimum Gasteiger partial charge on any atom is -0.421 e. The Morgan fingerprint density at radius 3 is 2.77 bits per heavy atom. The first kappa shape index (κ1) is 15.9. The molecule has 2 aromatic rings. The fourth-order valence-electron chi connectivity index (χ4n) is 1.77. The van der Waals surface area contributed by atoms with Crippen LogP contribution in [0.2, 0.25) is 0 Å². The van der Waals surface area contributed by atoms with Gasteiger partial charge in [0.05, 0.1) is 0 Å². The van der Waals surface area contributed by atoms with Gasteiger partial charge in [0.15, 0.2) is 0 Å². The van der Waals surface area contributed by atoms with Crippen LogP contribution in [0.4, 0.5) is 0 Å². The van der Waals surface area contributed by atoms with Crippen molar-refractivity contribution in [3.05, 3.63) is 48.4 Å². The van der Waals surface area contributed by atoms with Crippen LogP contribution in [0.5, 0.6) is 0 Å². The lowest BCUT2D eigenvalue weighted by Gasteiger charge is -2.03. The van der Waals surface area contributed by atoms with Crippen molar-refractivity contribution >= 4 is 5.91 Å². The maximum atomic E-state index is 11.6. The summed E-state index contributed by atoms with van der Waals surface area (Å²) in [4.78, 5) is 13.5. The highest BCUT2D eigenvalue weighted by Crippen LogP contribution is 2.16. The lowest BCUT2D eigenvalue weighted by molar-refractivity contribution is -0.116. The number of rotatable bonds is 7. The first-order valence-corrected chi connectivity index (χ1v) is 7.12. The first-order chi connectivity index (χ1) is 10.6. The summed E-state index contributed by atoms with van der Waals surface area (Å²) in [5.41, 5.74) is 0.886. The van der Waals surface area contributed by atoms with Crippen LogP contribution < -0.4 is 5.32 Å². The Hall–Kier alpha value is -2.47. The Labute approximate surface area is 129 Å². The van der Waals surface area contributed by atoms with Crippen molar-refractivity contribution in [1.29, 1.82) is 0 Å². The van der Waals surface area contributed by atoms with E-state index >= 15 is 0 Å². The van der Waals surface area contributed by atoms with Crippen molar-refractivity contribution < 1.29 is 9.21 Å². The summed E-state index contributed by atoms with van der Waals surface area (Å²) >= 11 is 0. The molecule has 0 fully saturated rings. The number of nitrogens with one attached hydrogen (secondary N) is 1. The lowest BCUT2D eigenvalue weighted by atomic mass is 10.2. The van der Waals surface area contributed by atoms with Crippen molar-refractivity contribution in [3.8, 4) is 11.5 Å². The zero-order valence-corrected chi connectivity index (χ0v) is 12.8. The van der Waals surface area contributed by atoms with E-state index in [1.165, 1.54) is 6.08 Å². The van der Waals surface area contributed by atoms with Gasteiger partial charge in [-0.3, -0.25) is 4.79 Å². The van der Waals surface area contributed by atoms with Crippen LogP contribution in [0.15, 0.2) is 46.9 Å². The molecule has 1 N–H and O–H groups in total. The van der Waals surface area contributed by atoms with Gasteiger partial charge in [0, 0.05) is 31.1 Å². The van der Waals surface area contributed by atoms with Crippen LogP contribution >= 0.6 is 0 Å². The van der Waals surface area contributed by atoms with Gasteiger partial charge in [-0.05, 0) is 26.2 Å². The maximum absolute atomic E-state index is 11.6. The molecule has 6 nitrogen and oxygen atoms in total. The average Bonchev–Trinajstić information content (AvgIpc) is 2.97. The number of nitrogens with zero attached hydrogens (tertiary/aromatic N) is 3. The molecule has 0 atom stereocenters. The summed E-state index contributed by atoms with van der Waals surface area (Å²) in [6, 6.07) is 9.59. The average molecular weight is 300 g/mol. The smallest absolute Gasteiger partial charge is 0.247 e. The van der Waals surface area contributed by atoms with Gasteiger partial charge in [-0.1, -0.05) is 24.3 Å². The van der Waals surface area contributed by atoms with E-state index in [2.05, 4.69) is 15.5 Å². The molecule has 0 radical (unpaired) electrons. The third-order valence-electron chi connectivity index (χ3n) is 2.87. The summed E-state index contributed by atoms with van der Waals surface area (Å²) in [6.07, 6.45) is 3.85. The van der Waals surface area contributed by atoms with E-state index in [0.717, 1.165) is 12.1 Å². The van der Waals surface area contributed by atoms with Crippen LogP contribution in [0.1, 0.15) is 5.89 Å². The van der Waals surface area contributed by atoms with Gasteiger partial charge in [0.25, 0.3) is 0 Å². The van der Waals surface area contributed by atoms with Gasteiger partial charge in [-0.15, -0.1) is 10.2 Å². The summed E-state index contributed by atoms with van der Waals surface area (Å²) < 4.78 is 5.57. The molecule has 1 heterocycles. The molecule has 116 valence electrons. The maximum Gasteiger partial charge on any atom is 0.247 e.